The highest BCUT2D eigenvalue weighted by Crippen LogP contribution is 2.59. The van der Waals surface area contributed by atoms with Crippen molar-refractivity contribution in [3.63, 3.8) is 0 Å². The molecule has 2 aromatic carbocycles. The first-order valence-corrected chi connectivity index (χ1v) is 7.14. The van der Waals surface area contributed by atoms with Gasteiger partial charge in [-0.05, 0) is 29.7 Å². The lowest BCUT2D eigenvalue weighted by Crippen LogP contribution is -2.52. The Morgan fingerprint density at radius 1 is 1.24 bits per heavy atom. The molecule has 0 bridgehead atoms. The third kappa shape index (κ3) is 1.36. The Morgan fingerprint density at radius 2 is 2.05 bits per heavy atom. The normalized spacial score (nSPS) is 29.8. The van der Waals surface area contributed by atoms with Crippen molar-refractivity contribution in [2.45, 2.75) is 30.5 Å². The molecule has 0 radical (unpaired) electrons. The van der Waals surface area contributed by atoms with Crippen molar-refractivity contribution in [3.8, 4) is 5.75 Å². The quantitative estimate of drug-likeness (QED) is 0.818. The summed E-state index contributed by atoms with van der Waals surface area (Å²) in [5.74, 6) is -1.33. The molecule has 1 heterocycles. The highest BCUT2D eigenvalue weighted by Gasteiger charge is 2.68. The molecule has 0 amide bonds. The van der Waals surface area contributed by atoms with E-state index in [1.165, 1.54) is 7.11 Å². The highest BCUT2D eigenvalue weighted by molar-refractivity contribution is 5.98. The van der Waals surface area contributed by atoms with E-state index in [1.807, 2.05) is 36.4 Å². The van der Waals surface area contributed by atoms with E-state index in [1.54, 1.807) is 0 Å². The average Bonchev–Trinajstić information content (AvgIpc) is 2.95. The van der Waals surface area contributed by atoms with Gasteiger partial charge >= 0.3 is 5.97 Å². The molecule has 2 atom stereocenters. The highest BCUT2D eigenvalue weighted by atomic mass is 16.6. The number of carbonyl (C=O) groups is 1. The zero-order chi connectivity index (χ0) is 14.7. The van der Waals surface area contributed by atoms with Gasteiger partial charge in [0.15, 0.2) is 5.41 Å². The summed E-state index contributed by atoms with van der Waals surface area (Å²) < 4.78 is 10.8. The van der Waals surface area contributed by atoms with E-state index in [4.69, 9.17) is 9.47 Å². The van der Waals surface area contributed by atoms with Gasteiger partial charge in [-0.15, -0.1) is 0 Å². The fraction of sp³-hybridized carbons (Fsp3) is 0.353. The molecule has 2 aliphatic rings. The van der Waals surface area contributed by atoms with Crippen LogP contribution in [0.15, 0.2) is 36.4 Å². The van der Waals surface area contributed by atoms with Crippen LogP contribution in [0.25, 0.3) is 10.8 Å². The molecule has 4 rings (SSSR count). The number of aliphatic hydroxyl groups is 1. The van der Waals surface area contributed by atoms with Crippen molar-refractivity contribution >= 4 is 16.7 Å². The lowest BCUT2D eigenvalue weighted by Gasteiger charge is -2.32. The van der Waals surface area contributed by atoms with Gasteiger partial charge in [0.05, 0.1) is 7.11 Å². The van der Waals surface area contributed by atoms with Gasteiger partial charge in [-0.25, -0.2) is 0 Å². The number of hydrogen-bond donors (Lipinski definition) is 1. The van der Waals surface area contributed by atoms with Crippen LogP contribution in [0.5, 0.6) is 5.75 Å². The molecule has 4 heteroatoms. The van der Waals surface area contributed by atoms with E-state index in [9.17, 15) is 9.90 Å². The molecular formula is C17H16O4. The van der Waals surface area contributed by atoms with E-state index in [-0.39, 0.29) is 0 Å². The zero-order valence-electron chi connectivity index (χ0n) is 11.8. The van der Waals surface area contributed by atoms with Gasteiger partial charge in [0, 0.05) is 12.0 Å². The summed E-state index contributed by atoms with van der Waals surface area (Å²) >= 11 is 0. The number of rotatable bonds is 1. The van der Waals surface area contributed by atoms with Crippen LogP contribution in [0.3, 0.4) is 0 Å². The van der Waals surface area contributed by atoms with Gasteiger partial charge in [0.25, 0.3) is 0 Å². The van der Waals surface area contributed by atoms with E-state index in [0.717, 1.165) is 22.8 Å². The van der Waals surface area contributed by atoms with Gasteiger partial charge < -0.3 is 14.6 Å². The number of carbonyl (C=O) groups excluding carboxylic acids is 1. The van der Waals surface area contributed by atoms with Crippen LogP contribution in [0.1, 0.15) is 24.8 Å². The predicted octanol–water partition coefficient (Wildman–Crippen LogP) is 2.52. The first-order valence-electron chi connectivity index (χ1n) is 7.14. The van der Waals surface area contributed by atoms with Gasteiger partial charge in [-0.3, -0.25) is 4.79 Å². The third-order valence-electron chi connectivity index (χ3n) is 4.86. The molecule has 0 unspecified atom stereocenters. The predicted molar refractivity (Wildman–Crippen MR) is 77.1 cm³/mol. The molecule has 21 heavy (non-hydrogen) atoms. The molecule has 1 fully saturated rings. The van der Waals surface area contributed by atoms with E-state index < -0.39 is 17.2 Å². The summed E-state index contributed by atoms with van der Waals surface area (Å²) in [5.41, 5.74) is -0.342. The Kier molecular flexibility index (Phi) is 2.40. The first kappa shape index (κ1) is 12.7. The number of fused-ring (bicyclic) bond motifs is 5. The number of benzene rings is 2. The van der Waals surface area contributed by atoms with Crippen LogP contribution in [-0.2, 0) is 14.9 Å². The van der Waals surface area contributed by atoms with Gasteiger partial charge in [0.1, 0.15) is 5.75 Å². The van der Waals surface area contributed by atoms with Crippen LogP contribution in [0.2, 0.25) is 0 Å². The summed E-state index contributed by atoms with van der Waals surface area (Å²) in [6.45, 7) is 0. The minimum absolute atomic E-state index is 0.419. The minimum atomic E-state index is -1.49. The van der Waals surface area contributed by atoms with Crippen LogP contribution >= 0.6 is 0 Å². The molecule has 2 aromatic rings. The second-order valence-corrected chi connectivity index (χ2v) is 5.80. The first-order chi connectivity index (χ1) is 10.1. The van der Waals surface area contributed by atoms with Crippen molar-refractivity contribution in [1.82, 2.24) is 0 Å². The molecule has 0 saturated heterocycles. The molecule has 1 saturated carbocycles. The van der Waals surface area contributed by atoms with E-state index in [0.29, 0.717) is 18.6 Å². The monoisotopic (exact) mass is 284 g/mol. The smallest absolute Gasteiger partial charge is 0.323 e. The summed E-state index contributed by atoms with van der Waals surface area (Å²) in [5, 5.41) is 12.9. The second-order valence-electron chi connectivity index (χ2n) is 5.80. The lowest BCUT2D eigenvalue weighted by atomic mass is 9.74. The van der Waals surface area contributed by atoms with Gasteiger partial charge in [-0.1, -0.05) is 30.3 Å². The van der Waals surface area contributed by atoms with E-state index in [2.05, 4.69) is 0 Å². The summed E-state index contributed by atoms with van der Waals surface area (Å²) in [6.07, 6.45) is 1.70. The van der Waals surface area contributed by atoms with E-state index >= 15 is 0 Å². The fourth-order valence-corrected chi connectivity index (χ4v) is 3.96. The maximum Gasteiger partial charge on any atom is 0.323 e. The van der Waals surface area contributed by atoms with Crippen molar-refractivity contribution in [3.05, 3.63) is 42.0 Å². The molecule has 4 nitrogen and oxygen atoms in total. The van der Waals surface area contributed by atoms with Gasteiger partial charge in [0.2, 0.25) is 5.79 Å². The molecular weight excluding hydrogens is 268 g/mol. The molecule has 1 N–H and O–H groups in total. The largest absolute Gasteiger partial charge is 0.468 e. The third-order valence-corrected chi connectivity index (χ3v) is 4.86. The zero-order valence-corrected chi connectivity index (χ0v) is 11.8. The molecule has 0 spiro atoms. The second kappa shape index (κ2) is 3.98. The number of hydrogen-bond acceptors (Lipinski definition) is 4. The number of ether oxygens (including phenoxy) is 2. The Hall–Kier alpha value is -2.07. The molecule has 1 aliphatic carbocycles. The van der Waals surface area contributed by atoms with Crippen molar-refractivity contribution in [2.75, 3.05) is 7.11 Å². The minimum Gasteiger partial charge on any atom is -0.468 e. The standard InChI is InChI=1S/C17H16O4/c1-20-15(18)16-9-4-10-17(16,19)21-13-8-7-11-5-2-3-6-12(11)14(13)16/h2-3,5-8,19H,4,9-10H2,1H3/t16-,17-/m1/s1. The summed E-state index contributed by atoms with van der Waals surface area (Å²) in [4.78, 5) is 12.6. The maximum atomic E-state index is 12.6. The van der Waals surface area contributed by atoms with Crippen LogP contribution < -0.4 is 4.74 Å². The SMILES string of the molecule is COC(=O)[C@]12CCC[C@@]1(O)Oc1ccc3ccccc3c12. The Morgan fingerprint density at radius 3 is 2.86 bits per heavy atom. The van der Waals surface area contributed by atoms with Crippen LogP contribution in [0, 0.1) is 0 Å². The molecule has 108 valence electrons. The van der Waals surface area contributed by atoms with Crippen LogP contribution in [-0.4, -0.2) is 24.0 Å². The van der Waals surface area contributed by atoms with Gasteiger partial charge in [-0.2, -0.15) is 0 Å². The lowest BCUT2D eigenvalue weighted by molar-refractivity contribution is -0.185. The van der Waals surface area contributed by atoms with Crippen LogP contribution in [0.4, 0.5) is 0 Å². The topological polar surface area (TPSA) is 55.8 Å². The number of methoxy groups -OCH3 is 1. The Labute approximate surface area is 122 Å². The summed E-state index contributed by atoms with van der Waals surface area (Å²) in [7, 11) is 1.36. The van der Waals surface area contributed by atoms with Crippen molar-refractivity contribution in [2.24, 2.45) is 0 Å². The average molecular weight is 284 g/mol. The van der Waals surface area contributed by atoms with Crippen molar-refractivity contribution < 1.29 is 19.4 Å². The molecule has 0 aromatic heterocycles. The molecule has 1 aliphatic heterocycles. The Bertz CT molecular complexity index is 754. The maximum absolute atomic E-state index is 12.6. The number of esters is 1. The Balaban J connectivity index is 2.10. The van der Waals surface area contributed by atoms with Crippen molar-refractivity contribution in [1.29, 1.82) is 0 Å². The fourth-order valence-electron chi connectivity index (χ4n) is 3.96. The summed E-state index contributed by atoms with van der Waals surface area (Å²) in [6, 6.07) is 11.6.